The Hall–Kier alpha value is -5.07. The molecule has 0 aliphatic carbocycles. The van der Waals surface area contributed by atoms with Crippen LogP contribution in [0.1, 0.15) is 37.8 Å². The quantitative estimate of drug-likeness (QED) is 0.320. The minimum Gasteiger partial charge on any atom is -0.384 e. The zero-order valence-electron chi connectivity index (χ0n) is 21.4. The molecule has 6 rings (SSSR count). The Morgan fingerprint density at radius 3 is 1.70 bits per heavy atom. The molecule has 6 heteroatoms. The molecule has 5 aromatic rings. The average molecular weight is 541 g/mol. The van der Waals surface area contributed by atoms with Crippen LogP contribution < -0.4 is 20.5 Å². The molecule has 4 aromatic carbocycles. The van der Waals surface area contributed by atoms with Crippen molar-refractivity contribution in [1.29, 1.82) is 0 Å². The van der Waals surface area contributed by atoms with Gasteiger partial charge in [-0.2, -0.15) is 0 Å². The van der Waals surface area contributed by atoms with Crippen molar-refractivity contribution in [3.8, 4) is 0 Å². The molecular formula is C34H24N2O3S. The number of benzene rings is 4. The van der Waals surface area contributed by atoms with Crippen LogP contribution in [0, 0.1) is 0 Å². The van der Waals surface area contributed by atoms with Crippen LogP contribution in [0.2, 0.25) is 0 Å². The molecule has 1 aliphatic rings. The van der Waals surface area contributed by atoms with Gasteiger partial charge in [0.2, 0.25) is 0 Å². The summed E-state index contributed by atoms with van der Waals surface area (Å²) >= 11 is 1.21. The number of carbonyl (C=O) groups excluding carboxylic acids is 2. The normalized spacial score (nSPS) is 15.2. The topological polar surface area (TPSA) is 82.2 Å². The van der Waals surface area contributed by atoms with E-state index in [0.29, 0.717) is 25.9 Å². The van der Waals surface area contributed by atoms with Gasteiger partial charge in [0, 0.05) is 22.6 Å². The van der Waals surface area contributed by atoms with E-state index in [1.807, 2.05) is 72.8 Å². The monoisotopic (exact) mass is 540 g/mol. The van der Waals surface area contributed by atoms with E-state index in [9.17, 15) is 14.4 Å². The highest BCUT2D eigenvalue weighted by Crippen LogP contribution is 2.39. The second-order valence-corrected chi connectivity index (χ2v) is 10.4. The van der Waals surface area contributed by atoms with Crippen molar-refractivity contribution in [2.45, 2.75) is 5.92 Å². The molecule has 0 radical (unpaired) electrons. The number of thiazole rings is 1. The Balaban J connectivity index is 1.73. The van der Waals surface area contributed by atoms with Crippen molar-refractivity contribution >= 4 is 40.4 Å². The molecule has 1 atom stereocenters. The van der Waals surface area contributed by atoms with Crippen molar-refractivity contribution in [2.24, 2.45) is 5.73 Å². The third kappa shape index (κ3) is 4.44. The van der Waals surface area contributed by atoms with Gasteiger partial charge in [-0.1, -0.05) is 121 Å². The molecule has 0 saturated carbocycles. The molecule has 0 fully saturated rings. The van der Waals surface area contributed by atoms with Crippen molar-refractivity contribution in [1.82, 2.24) is 4.57 Å². The van der Waals surface area contributed by atoms with Crippen LogP contribution in [-0.2, 0) is 0 Å². The zero-order valence-corrected chi connectivity index (χ0v) is 22.2. The second kappa shape index (κ2) is 10.6. The summed E-state index contributed by atoms with van der Waals surface area (Å²) in [5.74, 6) is -1.33. The van der Waals surface area contributed by atoms with E-state index in [0.717, 1.165) is 11.1 Å². The Bertz CT molecular complexity index is 1940. The van der Waals surface area contributed by atoms with E-state index in [1.165, 1.54) is 15.9 Å². The largest absolute Gasteiger partial charge is 0.384 e. The molecule has 0 amide bonds. The van der Waals surface area contributed by atoms with Crippen LogP contribution in [-0.4, -0.2) is 16.1 Å². The number of hydrogen-bond acceptors (Lipinski definition) is 5. The Kier molecular flexibility index (Phi) is 6.68. The first-order valence-electron chi connectivity index (χ1n) is 12.8. The SMILES string of the molecule is NC1=C(C(=O)c2ccccc2)[C@H](c2ccccc2)C(C(=O)c2ccccc2)=c2s/c(=C/c3ccccc3)c(=O)n21. The number of hydrogen-bond donors (Lipinski definition) is 1. The van der Waals surface area contributed by atoms with Gasteiger partial charge in [0.1, 0.15) is 10.5 Å². The Morgan fingerprint density at radius 1 is 0.675 bits per heavy atom. The highest BCUT2D eigenvalue weighted by Gasteiger charge is 2.38. The summed E-state index contributed by atoms with van der Waals surface area (Å²) in [6.07, 6.45) is 1.78. The van der Waals surface area contributed by atoms with Crippen molar-refractivity contribution in [3.63, 3.8) is 0 Å². The number of ketones is 2. The predicted octanol–water partition coefficient (Wildman–Crippen LogP) is 4.58. The molecule has 2 N–H and O–H groups in total. The van der Waals surface area contributed by atoms with Crippen LogP contribution in [0.3, 0.4) is 0 Å². The maximum absolute atomic E-state index is 14.3. The minimum absolute atomic E-state index is 0.0382. The van der Waals surface area contributed by atoms with Gasteiger partial charge in [0.05, 0.1) is 10.1 Å². The Morgan fingerprint density at radius 2 is 1.15 bits per heavy atom. The van der Waals surface area contributed by atoms with Crippen LogP contribution in [0.5, 0.6) is 0 Å². The first-order valence-corrected chi connectivity index (χ1v) is 13.6. The number of Topliss-reactive ketones (excluding diaryl/α,β-unsaturated/α-hetero) is 2. The molecule has 0 spiro atoms. The van der Waals surface area contributed by atoms with Gasteiger partial charge in [-0.25, -0.2) is 0 Å². The first kappa shape index (κ1) is 25.2. The number of nitrogens with zero attached hydrogens (tertiary/aromatic N) is 1. The van der Waals surface area contributed by atoms with E-state index in [-0.39, 0.29) is 28.5 Å². The van der Waals surface area contributed by atoms with Gasteiger partial charge in [-0.3, -0.25) is 19.0 Å². The maximum Gasteiger partial charge on any atom is 0.274 e. The van der Waals surface area contributed by atoms with E-state index in [1.54, 1.807) is 54.6 Å². The van der Waals surface area contributed by atoms with Crippen molar-refractivity contribution < 1.29 is 9.59 Å². The van der Waals surface area contributed by atoms with Crippen LogP contribution in [0.15, 0.2) is 132 Å². The summed E-state index contributed by atoms with van der Waals surface area (Å²) in [6, 6.07) is 36.6. The van der Waals surface area contributed by atoms with Gasteiger partial charge in [0.15, 0.2) is 11.6 Å². The highest BCUT2D eigenvalue weighted by molar-refractivity contribution is 7.07. The van der Waals surface area contributed by atoms with E-state index < -0.39 is 5.92 Å². The highest BCUT2D eigenvalue weighted by atomic mass is 32.1. The summed E-state index contributed by atoms with van der Waals surface area (Å²) < 4.78 is 2.19. The molecule has 0 unspecified atom stereocenters. The number of allylic oxidation sites excluding steroid dienone is 1. The smallest absolute Gasteiger partial charge is 0.274 e. The molecule has 1 aliphatic heterocycles. The lowest BCUT2D eigenvalue weighted by Gasteiger charge is -2.28. The fourth-order valence-corrected chi connectivity index (χ4v) is 6.24. The maximum atomic E-state index is 14.3. The number of rotatable bonds is 6. The number of nitrogens with two attached hydrogens (primary N) is 1. The van der Waals surface area contributed by atoms with Gasteiger partial charge in [-0.15, -0.1) is 11.3 Å². The van der Waals surface area contributed by atoms with E-state index in [4.69, 9.17) is 5.73 Å². The molecule has 2 heterocycles. The van der Waals surface area contributed by atoms with Gasteiger partial charge < -0.3 is 5.73 Å². The summed E-state index contributed by atoms with van der Waals surface area (Å²) in [5, 5.41) is 0. The zero-order chi connectivity index (χ0) is 27.6. The molecule has 40 heavy (non-hydrogen) atoms. The van der Waals surface area contributed by atoms with E-state index >= 15 is 0 Å². The molecule has 0 bridgehead atoms. The molecule has 5 nitrogen and oxygen atoms in total. The summed E-state index contributed by atoms with van der Waals surface area (Å²) in [6.45, 7) is 0. The van der Waals surface area contributed by atoms with Gasteiger partial charge >= 0.3 is 0 Å². The molecule has 194 valence electrons. The third-order valence-electron chi connectivity index (χ3n) is 6.94. The van der Waals surface area contributed by atoms with Gasteiger partial charge in [-0.05, 0) is 17.2 Å². The summed E-state index contributed by atoms with van der Waals surface area (Å²) in [4.78, 5) is 42.3. The van der Waals surface area contributed by atoms with Crippen LogP contribution in [0.4, 0.5) is 0 Å². The lowest BCUT2D eigenvalue weighted by molar-refractivity contribution is 0.102. The van der Waals surface area contributed by atoms with Crippen LogP contribution in [0.25, 0.3) is 17.5 Å². The molecule has 1 aromatic heterocycles. The molecule has 0 saturated heterocycles. The van der Waals surface area contributed by atoms with Crippen LogP contribution >= 0.6 is 11.3 Å². The average Bonchev–Trinajstić information content (AvgIpc) is 3.33. The number of carbonyl (C=O) groups is 2. The van der Waals surface area contributed by atoms with Crippen molar-refractivity contribution in [2.75, 3.05) is 0 Å². The predicted molar refractivity (Wildman–Crippen MR) is 159 cm³/mol. The summed E-state index contributed by atoms with van der Waals surface area (Å²) in [7, 11) is 0. The fourth-order valence-electron chi connectivity index (χ4n) is 5.06. The Labute approximate surface area is 234 Å². The summed E-state index contributed by atoms with van der Waals surface area (Å²) in [5.41, 5.74) is 9.41. The molecular weight excluding hydrogens is 516 g/mol. The standard InChI is InChI=1S/C34H24N2O3S/c35-32-28(30(37)24-17-9-3-10-18-24)27(23-15-7-2-8-16-23)29(31(38)25-19-11-4-12-20-25)34-36(32)33(39)26(40-34)21-22-13-5-1-6-14-22/h1-21,27H,35H2/b26-21+/t27-/m0/s1. The van der Waals surface area contributed by atoms with Gasteiger partial charge in [0.25, 0.3) is 5.56 Å². The van der Waals surface area contributed by atoms with Crippen molar-refractivity contribution in [3.05, 3.63) is 169 Å². The first-order chi connectivity index (χ1) is 19.5. The third-order valence-corrected chi connectivity index (χ3v) is 8.05. The minimum atomic E-state index is -0.774. The number of fused-ring (bicyclic) bond motifs is 1. The fraction of sp³-hybridized carbons (Fsp3) is 0.0294. The lowest BCUT2D eigenvalue weighted by Crippen LogP contribution is -2.41. The van der Waals surface area contributed by atoms with E-state index in [2.05, 4.69) is 0 Å². The lowest BCUT2D eigenvalue weighted by atomic mass is 9.77. The second-order valence-electron chi connectivity index (χ2n) is 9.41. The number of aromatic nitrogens is 1.